The topological polar surface area (TPSA) is 273 Å². The van der Waals surface area contributed by atoms with E-state index in [2.05, 4.69) is 28.4 Å². The summed E-state index contributed by atoms with van der Waals surface area (Å²) in [6.07, 6.45) is -2.85. The number of hydrogen-bond acceptors (Lipinski definition) is 12. The minimum absolute atomic E-state index is 0.000327. The molecule has 204 valence electrons. The zero-order valence-corrected chi connectivity index (χ0v) is 20.9. The van der Waals surface area contributed by atoms with Crippen LogP contribution >= 0.6 is 23.5 Å². The zero-order chi connectivity index (χ0) is 27.6. The number of aromatic amines is 1. The van der Waals surface area contributed by atoms with Crippen molar-refractivity contribution in [2.24, 2.45) is 0 Å². The molecule has 1 aliphatic rings. The molecule has 1 aromatic carbocycles. The second-order valence-electron chi connectivity index (χ2n) is 7.97. The van der Waals surface area contributed by atoms with E-state index in [1.807, 2.05) is 0 Å². The first-order valence-electron chi connectivity index (χ1n) is 9.79. The van der Waals surface area contributed by atoms with E-state index in [4.69, 9.17) is 14.5 Å². The summed E-state index contributed by atoms with van der Waals surface area (Å²) in [5.74, 6) is -0.810. The Morgan fingerprint density at radius 2 is 1.86 bits per heavy atom. The van der Waals surface area contributed by atoms with Crippen molar-refractivity contribution in [2.45, 2.75) is 31.0 Å². The number of nitrogens with zero attached hydrogens (tertiary/aromatic N) is 3. The van der Waals surface area contributed by atoms with Crippen molar-refractivity contribution in [1.29, 1.82) is 0 Å². The Kier molecular flexibility index (Phi) is 7.10. The molecule has 0 spiro atoms. The fourth-order valence-electron chi connectivity index (χ4n) is 3.71. The van der Waals surface area contributed by atoms with Crippen molar-refractivity contribution in [3.05, 3.63) is 34.6 Å². The van der Waals surface area contributed by atoms with Gasteiger partial charge in [0.1, 0.15) is 29.1 Å². The Hall–Kier alpha value is -1.95. The van der Waals surface area contributed by atoms with E-state index in [-0.39, 0.29) is 21.7 Å². The van der Waals surface area contributed by atoms with Crippen LogP contribution in [0, 0.1) is 5.82 Å². The average molecular weight is 590 g/mol. The molecule has 0 bridgehead atoms. The molecule has 6 atom stereocenters. The summed E-state index contributed by atoms with van der Waals surface area (Å²) in [6.45, 7) is 0.0255. The summed E-state index contributed by atoms with van der Waals surface area (Å²) in [6, 6.07) is 0.957. The number of hydrogen-bond donors (Lipinski definition) is 7. The second-order valence-corrected chi connectivity index (χ2v) is 12.4. The van der Waals surface area contributed by atoms with Gasteiger partial charge in [0.15, 0.2) is 6.23 Å². The number of aliphatic hydroxyl groups is 2. The minimum atomic E-state index is -5.78. The predicted octanol–water partition coefficient (Wildman–Crippen LogP) is -0.236. The van der Waals surface area contributed by atoms with Crippen LogP contribution in [0.1, 0.15) is 13.2 Å². The lowest BCUT2D eigenvalue weighted by atomic mass is 9.97. The van der Waals surface area contributed by atoms with Gasteiger partial charge >= 0.3 is 23.5 Å². The number of phosphoric ester groups is 1. The van der Waals surface area contributed by atoms with Crippen LogP contribution in [0.2, 0.25) is 0 Å². The van der Waals surface area contributed by atoms with Gasteiger partial charge < -0.3 is 34.5 Å². The summed E-state index contributed by atoms with van der Waals surface area (Å²) in [4.78, 5) is 48.0. The molecule has 1 saturated heterocycles. The number of ether oxygens (including phenoxy) is 1. The summed E-state index contributed by atoms with van der Waals surface area (Å²) < 4.78 is 66.8. The summed E-state index contributed by atoms with van der Waals surface area (Å²) >= 11 is 0. The fourth-order valence-corrected chi connectivity index (χ4v) is 6.74. The van der Waals surface area contributed by atoms with Gasteiger partial charge in [0, 0.05) is 17.0 Å². The highest BCUT2D eigenvalue weighted by Crippen LogP contribution is 2.66. The number of rotatable bonds is 8. The largest absolute Gasteiger partial charge is 0.490 e. The number of H-pyrrole nitrogens is 1. The van der Waals surface area contributed by atoms with E-state index < -0.39 is 65.5 Å². The van der Waals surface area contributed by atoms with Crippen LogP contribution in [0.15, 0.2) is 23.3 Å². The SMILES string of the molecule is C[C@@]1(O)[C@H](O)[C@@H](COP(=O)(O)OP(=O)(O)OP(=O)(O)O)O[C@H]1n1cc2c(F)cc3c(=O)[nH]ncc(n1)c23. The lowest BCUT2D eigenvalue weighted by Crippen LogP contribution is -2.44. The van der Waals surface area contributed by atoms with Crippen molar-refractivity contribution >= 4 is 45.1 Å². The van der Waals surface area contributed by atoms with Gasteiger partial charge in [0.25, 0.3) is 5.56 Å². The van der Waals surface area contributed by atoms with Gasteiger partial charge in [-0.15, -0.1) is 0 Å². The van der Waals surface area contributed by atoms with E-state index in [1.54, 1.807) is 0 Å². The van der Waals surface area contributed by atoms with Crippen LogP contribution in [-0.4, -0.2) is 74.2 Å². The van der Waals surface area contributed by atoms with Crippen LogP contribution in [0.4, 0.5) is 4.39 Å². The molecule has 0 radical (unpaired) electrons. The summed E-state index contributed by atoms with van der Waals surface area (Å²) in [5, 5.41) is 31.4. The van der Waals surface area contributed by atoms with Crippen molar-refractivity contribution in [3.63, 3.8) is 0 Å². The van der Waals surface area contributed by atoms with Gasteiger partial charge in [0.2, 0.25) is 0 Å². The first kappa shape index (κ1) is 28.1. The van der Waals surface area contributed by atoms with Crippen LogP contribution in [0.5, 0.6) is 0 Å². The number of halogens is 1. The lowest BCUT2D eigenvalue weighted by Gasteiger charge is -2.27. The van der Waals surface area contributed by atoms with Gasteiger partial charge in [-0.1, -0.05) is 0 Å². The molecule has 4 rings (SSSR count). The van der Waals surface area contributed by atoms with E-state index in [0.717, 1.165) is 30.1 Å². The first-order valence-corrected chi connectivity index (χ1v) is 14.3. The molecule has 0 amide bonds. The highest BCUT2D eigenvalue weighted by Gasteiger charge is 2.54. The molecule has 37 heavy (non-hydrogen) atoms. The molecule has 3 aromatic rings. The maximum absolute atomic E-state index is 14.6. The number of aromatic nitrogens is 4. The molecule has 2 aromatic heterocycles. The Bertz CT molecular complexity index is 1570. The van der Waals surface area contributed by atoms with Crippen molar-refractivity contribution in [2.75, 3.05) is 6.61 Å². The Balaban J connectivity index is 1.59. The monoisotopic (exact) mass is 590 g/mol. The van der Waals surface area contributed by atoms with Gasteiger partial charge in [-0.25, -0.2) is 27.9 Å². The molecule has 1 fully saturated rings. The van der Waals surface area contributed by atoms with Crippen molar-refractivity contribution < 1.29 is 65.8 Å². The molecule has 2 unspecified atom stereocenters. The van der Waals surface area contributed by atoms with Crippen LogP contribution in [0.3, 0.4) is 0 Å². The standard InChI is InChI=1S/C15H18FN4O14P3/c1-15(23)12(21)10(5-31-36(27,28)34-37(29,30)33-35(24,25)26)32-14(15)20-4-7-8(16)2-6-11(7)9(19-20)3-17-18-13(6)22/h2-4,10,12,14,21,23H,5H2,1H3,(H,18,22)(H,27,28)(H,29,30)(H2,24,25,26)/t10-,12-,14-,15-/m1/s1. The highest BCUT2D eigenvalue weighted by molar-refractivity contribution is 7.66. The first-order chi connectivity index (χ1) is 16.9. The molecule has 22 heteroatoms. The molecule has 7 N–H and O–H groups in total. The van der Waals surface area contributed by atoms with Crippen LogP contribution in [-0.2, 0) is 31.6 Å². The minimum Gasteiger partial charge on any atom is -0.387 e. The maximum atomic E-state index is 14.6. The zero-order valence-electron chi connectivity index (χ0n) is 18.2. The Labute approximate surface area is 203 Å². The Morgan fingerprint density at radius 1 is 1.19 bits per heavy atom. The molecular weight excluding hydrogens is 572 g/mol. The predicted molar refractivity (Wildman–Crippen MR) is 116 cm³/mol. The normalized spacial score (nSPS) is 27.9. The van der Waals surface area contributed by atoms with Crippen molar-refractivity contribution in [3.8, 4) is 0 Å². The van der Waals surface area contributed by atoms with Crippen LogP contribution in [0.25, 0.3) is 21.7 Å². The molecule has 0 aliphatic carbocycles. The third-order valence-electron chi connectivity index (χ3n) is 5.22. The van der Waals surface area contributed by atoms with Gasteiger partial charge in [-0.3, -0.25) is 9.32 Å². The van der Waals surface area contributed by atoms with Gasteiger partial charge in [0.05, 0.1) is 18.2 Å². The van der Waals surface area contributed by atoms with E-state index in [1.165, 1.54) is 0 Å². The van der Waals surface area contributed by atoms with Gasteiger partial charge in [-0.05, 0) is 13.0 Å². The molecule has 18 nitrogen and oxygen atoms in total. The summed E-state index contributed by atoms with van der Waals surface area (Å²) in [7, 11) is -16.9. The average Bonchev–Trinajstić information content (AvgIpc) is 3.11. The lowest BCUT2D eigenvalue weighted by molar-refractivity contribution is -0.102. The Morgan fingerprint density at radius 3 is 2.51 bits per heavy atom. The third kappa shape index (κ3) is 5.74. The van der Waals surface area contributed by atoms with Crippen molar-refractivity contribution in [1.82, 2.24) is 20.0 Å². The van der Waals surface area contributed by atoms with E-state index >= 15 is 0 Å². The second kappa shape index (κ2) is 9.36. The number of aliphatic hydroxyl groups excluding tert-OH is 1. The summed E-state index contributed by atoms with van der Waals surface area (Å²) in [5.41, 5.74) is -2.88. The van der Waals surface area contributed by atoms with E-state index in [9.17, 15) is 42.9 Å². The number of phosphoric acid groups is 3. The number of nitrogens with one attached hydrogen (secondary N) is 1. The smallest absolute Gasteiger partial charge is 0.387 e. The van der Waals surface area contributed by atoms with Crippen LogP contribution < -0.4 is 5.56 Å². The fraction of sp³-hybridized carbons (Fsp3) is 0.400. The molecule has 1 aliphatic heterocycles. The molecule has 3 heterocycles. The van der Waals surface area contributed by atoms with E-state index in [0.29, 0.717) is 0 Å². The quantitative estimate of drug-likeness (QED) is 0.167. The van der Waals surface area contributed by atoms with Gasteiger partial charge in [-0.2, -0.15) is 18.8 Å². The highest BCUT2D eigenvalue weighted by atomic mass is 31.3. The molecular formula is C15H18FN4O14P3. The third-order valence-corrected chi connectivity index (χ3v) is 9.02. The molecule has 0 saturated carbocycles. The maximum Gasteiger partial charge on any atom is 0.490 e.